The van der Waals surface area contributed by atoms with Gasteiger partial charge in [0.05, 0.1) is 6.54 Å². The van der Waals surface area contributed by atoms with E-state index in [2.05, 4.69) is 36.4 Å². The van der Waals surface area contributed by atoms with Gasteiger partial charge >= 0.3 is 0 Å². The van der Waals surface area contributed by atoms with Crippen molar-refractivity contribution >= 4 is 5.96 Å². The number of likely N-dealkylation sites (tertiary alicyclic amines) is 1. The molecular formula is C16H32N4. The Balaban J connectivity index is 1.82. The highest BCUT2D eigenvalue weighted by molar-refractivity contribution is 5.80. The molecule has 0 radical (unpaired) electrons. The topological polar surface area (TPSA) is 39.7 Å². The van der Waals surface area contributed by atoms with Crippen molar-refractivity contribution in [3.8, 4) is 0 Å². The zero-order chi connectivity index (χ0) is 14.4. The third-order valence-corrected chi connectivity index (χ3v) is 4.83. The van der Waals surface area contributed by atoms with Crippen LogP contribution in [0.3, 0.4) is 0 Å². The maximum Gasteiger partial charge on any atom is 0.191 e. The summed E-state index contributed by atoms with van der Waals surface area (Å²) in [6, 6.07) is 1.25. The summed E-state index contributed by atoms with van der Waals surface area (Å²) in [5.74, 6) is 1.92. The molecule has 0 bridgehead atoms. The molecule has 20 heavy (non-hydrogen) atoms. The first kappa shape index (κ1) is 15.6. The van der Waals surface area contributed by atoms with Crippen molar-refractivity contribution in [2.45, 2.75) is 64.5 Å². The second-order valence-electron chi connectivity index (χ2n) is 6.60. The number of likely N-dealkylation sites (N-methyl/N-ethyl adjacent to an activating group) is 1. The zero-order valence-electron chi connectivity index (χ0n) is 13.5. The fourth-order valence-electron chi connectivity index (χ4n) is 3.32. The molecule has 2 N–H and O–H groups in total. The van der Waals surface area contributed by atoms with Gasteiger partial charge in [-0.2, -0.15) is 0 Å². The van der Waals surface area contributed by atoms with E-state index in [-0.39, 0.29) is 0 Å². The van der Waals surface area contributed by atoms with Gasteiger partial charge in [-0.1, -0.05) is 6.92 Å². The number of aliphatic imine (C=N–C) groups is 1. The number of nitrogens with one attached hydrogen (secondary N) is 2. The number of nitrogens with zero attached hydrogens (tertiary/aromatic N) is 2. The fraction of sp³-hybridized carbons (Fsp3) is 0.938. The minimum absolute atomic E-state index is 0.616. The lowest BCUT2D eigenvalue weighted by molar-refractivity contribution is 0.315. The largest absolute Gasteiger partial charge is 0.357 e. The van der Waals surface area contributed by atoms with Crippen LogP contribution < -0.4 is 10.6 Å². The minimum atomic E-state index is 0.616. The van der Waals surface area contributed by atoms with E-state index in [1.54, 1.807) is 0 Å². The van der Waals surface area contributed by atoms with Crippen LogP contribution >= 0.6 is 0 Å². The summed E-state index contributed by atoms with van der Waals surface area (Å²) in [7, 11) is 2.22. The van der Waals surface area contributed by atoms with Crippen LogP contribution in [0.25, 0.3) is 0 Å². The van der Waals surface area contributed by atoms with E-state index in [4.69, 9.17) is 4.99 Å². The Labute approximate surface area is 124 Å². The summed E-state index contributed by atoms with van der Waals surface area (Å²) < 4.78 is 0. The number of hydrogen-bond donors (Lipinski definition) is 2. The summed E-state index contributed by atoms with van der Waals surface area (Å²) in [5, 5.41) is 7.04. The van der Waals surface area contributed by atoms with E-state index in [0.717, 1.165) is 25.0 Å². The highest BCUT2D eigenvalue weighted by Gasteiger charge is 2.21. The molecule has 1 atom stereocenters. The monoisotopic (exact) mass is 280 g/mol. The van der Waals surface area contributed by atoms with Crippen LogP contribution in [0.1, 0.15) is 52.4 Å². The first-order valence-corrected chi connectivity index (χ1v) is 8.44. The molecule has 0 aromatic rings. The smallest absolute Gasteiger partial charge is 0.191 e. The minimum Gasteiger partial charge on any atom is -0.357 e. The van der Waals surface area contributed by atoms with Crippen molar-refractivity contribution in [3.05, 3.63) is 0 Å². The lowest BCUT2D eigenvalue weighted by atomic mass is 9.87. The maximum atomic E-state index is 4.81. The highest BCUT2D eigenvalue weighted by Crippen LogP contribution is 2.23. The number of hydrogen-bond acceptors (Lipinski definition) is 2. The van der Waals surface area contributed by atoms with Crippen molar-refractivity contribution in [2.75, 3.05) is 26.7 Å². The molecule has 0 aromatic carbocycles. The molecular weight excluding hydrogens is 248 g/mol. The average Bonchev–Trinajstić information content (AvgIpc) is 2.84. The first-order valence-electron chi connectivity index (χ1n) is 8.44. The van der Waals surface area contributed by atoms with Crippen LogP contribution in [0.2, 0.25) is 0 Å². The fourth-order valence-corrected chi connectivity index (χ4v) is 3.32. The normalized spacial score (nSPS) is 32.4. The second kappa shape index (κ2) is 7.87. The molecule has 1 aliphatic carbocycles. The molecule has 116 valence electrons. The van der Waals surface area contributed by atoms with Gasteiger partial charge < -0.3 is 15.5 Å². The van der Waals surface area contributed by atoms with E-state index in [1.807, 2.05) is 0 Å². The van der Waals surface area contributed by atoms with Crippen LogP contribution in [0, 0.1) is 5.92 Å². The zero-order valence-corrected chi connectivity index (χ0v) is 13.5. The number of guanidine groups is 1. The SMILES string of the molecule is CCNC(=NCC1CCCN1C)NC1CCC(C)CC1. The van der Waals surface area contributed by atoms with E-state index in [9.17, 15) is 0 Å². The van der Waals surface area contributed by atoms with Gasteiger partial charge in [-0.15, -0.1) is 0 Å². The Morgan fingerprint density at radius 1 is 1.20 bits per heavy atom. The Morgan fingerprint density at radius 3 is 2.55 bits per heavy atom. The molecule has 1 saturated heterocycles. The maximum absolute atomic E-state index is 4.81. The summed E-state index contributed by atoms with van der Waals surface area (Å²) >= 11 is 0. The van der Waals surface area contributed by atoms with E-state index in [1.165, 1.54) is 45.1 Å². The van der Waals surface area contributed by atoms with E-state index >= 15 is 0 Å². The molecule has 2 fully saturated rings. The third-order valence-electron chi connectivity index (χ3n) is 4.83. The summed E-state index contributed by atoms with van der Waals surface area (Å²) in [6.45, 7) is 7.60. The molecule has 1 aliphatic heterocycles. The summed E-state index contributed by atoms with van der Waals surface area (Å²) in [5.41, 5.74) is 0. The molecule has 1 unspecified atom stereocenters. The second-order valence-corrected chi connectivity index (χ2v) is 6.60. The van der Waals surface area contributed by atoms with Gasteiger partial charge in [0.15, 0.2) is 5.96 Å². The van der Waals surface area contributed by atoms with Gasteiger partial charge in [0.2, 0.25) is 0 Å². The van der Waals surface area contributed by atoms with Gasteiger partial charge in [-0.3, -0.25) is 4.99 Å². The van der Waals surface area contributed by atoms with Crippen molar-refractivity contribution in [3.63, 3.8) is 0 Å². The van der Waals surface area contributed by atoms with Crippen molar-refractivity contribution < 1.29 is 0 Å². The molecule has 1 saturated carbocycles. The van der Waals surface area contributed by atoms with Crippen LogP contribution in [0.4, 0.5) is 0 Å². The Bertz CT molecular complexity index is 308. The third kappa shape index (κ3) is 4.65. The molecule has 0 spiro atoms. The number of rotatable bonds is 4. The first-order chi connectivity index (χ1) is 9.69. The molecule has 1 heterocycles. The van der Waals surface area contributed by atoms with Gasteiger partial charge in [-0.25, -0.2) is 0 Å². The predicted octanol–water partition coefficient (Wildman–Crippen LogP) is 2.21. The van der Waals surface area contributed by atoms with Gasteiger partial charge in [-0.05, 0) is 65.0 Å². The van der Waals surface area contributed by atoms with Crippen LogP contribution in [0.15, 0.2) is 4.99 Å². The summed E-state index contributed by atoms with van der Waals surface area (Å²) in [6.07, 6.45) is 7.89. The van der Waals surface area contributed by atoms with Crippen molar-refractivity contribution in [1.82, 2.24) is 15.5 Å². The summed E-state index contributed by atoms with van der Waals surface area (Å²) in [4.78, 5) is 7.25. The van der Waals surface area contributed by atoms with Crippen LogP contribution in [0.5, 0.6) is 0 Å². The lowest BCUT2D eigenvalue weighted by Crippen LogP contribution is -2.45. The molecule has 4 heteroatoms. The Morgan fingerprint density at radius 2 is 1.95 bits per heavy atom. The standard InChI is InChI=1S/C16H32N4/c1-4-17-16(18-12-15-6-5-11-20(15)3)19-14-9-7-13(2)8-10-14/h13-15H,4-12H2,1-3H3,(H2,17,18,19). The predicted molar refractivity (Wildman–Crippen MR) is 86.2 cm³/mol. The Kier molecular flexibility index (Phi) is 6.14. The highest BCUT2D eigenvalue weighted by atomic mass is 15.2. The van der Waals surface area contributed by atoms with Crippen LogP contribution in [-0.4, -0.2) is 49.6 Å². The van der Waals surface area contributed by atoms with Crippen LogP contribution in [-0.2, 0) is 0 Å². The molecule has 2 aliphatic rings. The van der Waals surface area contributed by atoms with Gasteiger partial charge in [0.25, 0.3) is 0 Å². The van der Waals surface area contributed by atoms with Crippen molar-refractivity contribution in [2.24, 2.45) is 10.9 Å². The lowest BCUT2D eigenvalue weighted by Gasteiger charge is -2.28. The average molecular weight is 280 g/mol. The van der Waals surface area contributed by atoms with Crippen molar-refractivity contribution in [1.29, 1.82) is 0 Å². The van der Waals surface area contributed by atoms with Gasteiger partial charge in [0.1, 0.15) is 0 Å². The molecule has 0 amide bonds. The molecule has 4 nitrogen and oxygen atoms in total. The Hall–Kier alpha value is -0.770. The van der Waals surface area contributed by atoms with E-state index < -0.39 is 0 Å². The van der Waals surface area contributed by atoms with Gasteiger partial charge in [0, 0.05) is 18.6 Å². The molecule has 2 rings (SSSR count). The quantitative estimate of drug-likeness (QED) is 0.613. The molecule has 0 aromatic heterocycles. The van der Waals surface area contributed by atoms with E-state index in [0.29, 0.717) is 12.1 Å².